The van der Waals surface area contributed by atoms with E-state index in [0.29, 0.717) is 5.69 Å². The minimum absolute atomic E-state index is 0.189. The summed E-state index contributed by atoms with van der Waals surface area (Å²) in [6.45, 7) is 1.82. The third-order valence-electron chi connectivity index (χ3n) is 2.10. The maximum atomic E-state index is 12.3. The van der Waals surface area contributed by atoms with Crippen molar-refractivity contribution in [2.75, 3.05) is 12.0 Å². The lowest BCUT2D eigenvalue weighted by atomic mass is 10.2. The predicted octanol–water partition coefficient (Wildman–Crippen LogP) is 3.27. The van der Waals surface area contributed by atoms with E-state index in [-0.39, 0.29) is 11.6 Å². The van der Waals surface area contributed by atoms with Crippen LogP contribution in [0.15, 0.2) is 35.5 Å². The Hall–Kier alpha value is -1.89. The van der Waals surface area contributed by atoms with Crippen LogP contribution in [-0.2, 0) is 15.7 Å². The van der Waals surface area contributed by atoms with Crippen LogP contribution in [0.5, 0.6) is 0 Å². The molecule has 0 aliphatic rings. The van der Waals surface area contributed by atoms with Gasteiger partial charge in [0.25, 0.3) is 0 Å². The molecule has 0 saturated heterocycles. The summed E-state index contributed by atoms with van der Waals surface area (Å²) < 4.78 is 41.6. The first-order valence-electron chi connectivity index (χ1n) is 5.56. The van der Waals surface area contributed by atoms with Gasteiger partial charge in [0.2, 0.25) is 0 Å². The average molecular weight is 309 g/mol. The molecule has 0 atom stereocenters. The van der Waals surface area contributed by atoms with Gasteiger partial charge in [0.05, 0.1) is 17.9 Å². The minimum Gasteiger partial charge on any atom is -0.462 e. The Labute approximate surface area is 118 Å². The number of alkyl halides is 3. The molecular weight excluding hydrogens is 297 g/mol. The fourth-order valence-corrected chi connectivity index (χ4v) is 1.29. The van der Waals surface area contributed by atoms with Gasteiger partial charge in [-0.25, -0.2) is 4.79 Å². The highest BCUT2D eigenvalue weighted by Gasteiger charge is 2.29. The normalized spacial score (nSPS) is 11.9. The van der Waals surface area contributed by atoms with Crippen molar-refractivity contribution in [3.05, 3.63) is 41.1 Å². The average Bonchev–Trinajstić information content (AvgIpc) is 2.38. The number of nitrogens with one attached hydrogen (secondary N) is 2. The Morgan fingerprint density at radius 2 is 1.95 bits per heavy atom. The first kappa shape index (κ1) is 16.2. The van der Waals surface area contributed by atoms with Crippen molar-refractivity contribution in [1.82, 2.24) is 5.43 Å². The molecule has 0 saturated carbocycles. The summed E-state index contributed by atoms with van der Waals surface area (Å²) in [5.41, 5.74) is 4.67. The van der Waals surface area contributed by atoms with Gasteiger partial charge in [-0.05, 0) is 31.2 Å². The van der Waals surface area contributed by atoms with Crippen molar-refractivity contribution in [1.29, 1.82) is 0 Å². The van der Waals surface area contributed by atoms with E-state index in [0.717, 1.165) is 18.3 Å². The first-order valence-corrected chi connectivity index (χ1v) is 5.94. The molecule has 2 N–H and O–H groups in total. The van der Waals surface area contributed by atoms with E-state index >= 15 is 0 Å². The molecule has 0 aliphatic heterocycles. The quantitative estimate of drug-likeness (QED) is 0.498. The summed E-state index contributed by atoms with van der Waals surface area (Å²) in [6, 6.07) is 4.34. The van der Waals surface area contributed by atoms with Crippen molar-refractivity contribution in [2.45, 2.75) is 13.1 Å². The zero-order chi connectivity index (χ0) is 15.2. The molecule has 1 rings (SSSR count). The van der Waals surface area contributed by atoms with E-state index in [9.17, 15) is 18.0 Å². The maximum absolute atomic E-state index is 12.3. The molecule has 0 aromatic heterocycles. The lowest BCUT2D eigenvalue weighted by Gasteiger charge is -2.09. The third-order valence-corrected chi connectivity index (χ3v) is 2.36. The fourth-order valence-electron chi connectivity index (χ4n) is 1.18. The molecule has 20 heavy (non-hydrogen) atoms. The Morgan fingerprint density at radius 3 is 2.45 bits per heavy atom. The second-order valence-corrected chi connectivity index (χ2v) is 3.96. The highest BCUT2D eigenvalue weighted by atomic mass is 35.5. The van der Waals surface area contributed by atoms with Gasteiger partial charge in [-0.3, -0.25) is 0 Å². The lowest BCUT2D eigenvalue weighted by molar-refractivity contribution is -0.138. The molecular formula is C12H12ClF3N2O2. The van der Waals surface area contributed by atoms with Gasteiger partial charge in [-0.15, -0.1) is 0 Å². The molecule has 110 valence electrons. The number of hydrazine groups is 1. The van der Waals surface area contributed by atoms with Gasteiger partial charge in [-0.2, -0.15) is 13.2 Å². The maximum Gasteiger partial charge on any atom is 0.416 e. The van der Waals surface area contributed by atoms with E-state index in [4.69, 9.17) is 11.6 Å². The second kappa shape index (κ2) is 7.04. The van der Waals surface area contributed by atoms with E-state index in [1.54, 1.807) is 6.92 Å². The van der Waals surface area contributed by atoms with Crippen LogP contribution in [0.25, 0.3) is 0 Å². The van der Waals surface area contributed by atoms with Crippen molar-refractivity contribution in [2.24, 2.45) is 0 Å². The number of carbonyl (C=O) groups excluding carboxylic acids is 1. The van der Waals surface area contributed by atoms with Gasteiger partial charge >= 0.3 is 12.1 Å². The summed E-state index contributed by atoms with van der Waals surface area (Å²) in [4.78, 5) is 11.1. The van der Waals surface area contributed by atoms with E-state index < -0.39 is 17.7 Å². The van der Waals surface area contributed by atoms with Crippen molar-refractivity contribution >= 4 is 23.3 Å². The zero-order valence-electron chi connectivity index (χ0n) is 10.4. The summed E-state index contributed by atoms with van der Waals surface area (Å²) >= 11 is 5.60. The number of ether oxygens (including phenoxy) is 1. The van der Waals surface area contributed by atoms with Crippen LogP contribution < -0.4 is 10.9 Å². The van der Waals surface area contributed by atoms with Gasteiger partial charge in [-0.1, -0.05) is 11.6 Å². The SMILES string of the molecule is CCOC(=O)C(Cl)=CNNc1ccc(C(F)(F)F)cc1. The number of halogens is 4. The first-order chi connectivity index (χ1) is 9.34. The molecule has 0 unspecified atom stereocenters. The molecule has 0 heterocycles. The number of rotatable bonds is 5. The van der Waals surface area contributed by atoms with Gasteiger partial charge in [0.1, 0.15) is 5.03 Å². The Balaban J connectivity index is 2.54. The van der Waals surface area contributed by atoms with E-state index in [1.165, 1.54) is 12.1 Å². The van der Waals surface area contributed by atoms with Crippen molar-refractivity contribution in [3.63, 3.8) is 0 Å². The lowest BCUT2D eigenvalue weighted by Crippen LogP contribution is -2.17. The van der Waals surface area contributed by atoms with Gasteiger partial charge in [0, 0.05) is 6.20 Å². The van der Waals surface area contributed by atoms with Crippen LogP contribution in [0.3, 0.4) is 0 Å². The Kier molecular flexibility index (Phi) is 5.69. The summed E-state index contributed by atoms with van der Waals surface area (Å²) in [6.07, 6.45) is -3.24. The molecule has 4 nitrogen and oxygen atoms in total. The Morgan fingerprint density at radius 1 is 1.35 bits per heavy atom. The van der Waals surface area contributed by atoms with Crippen LogP contribution in [0.1, 0.15) is 12.5 Å². The van der Waals surface area contributed by atoms with Crippen LogP contribution in [-0.4, -0.2) is 12.6 Å². The third kappa shape index (κ3) is 5.00. The Bertz CT molecular complexity index is 486. The van der Waals surface area contributed by atoms with Crippen LogP contribution >= 0.6 is 11.6 Å². The summed E-state index contributed by atoms with van der Waals surface area (Å²) in [7, 11) is 0. The standard InChI is InChI=1S/C12H12ClF3N2O2/c1-2-20-11(19)10(13)7-17-18-9-5-3-8(4-6-9)12(14,15)16/h3-7,17-18H,2H2,1H3. The number of hydrogen-bond acceptors (Lipinski definition) is 4. The highest BCUT2D eigenvalue weighted by molar-refractivity contribution is 6.41. The smallest absolute Gasteiger partial charge is 0.416 e. The van der Waals surface area contributed by atoms with Crippen molar-refractivity contribution in [3.8, 4) is 0 Å². The molecule has 1 aromatic rings. The number of esters is 1. The highest BCUT2D eigenvalue weighted by Crippen LogP contribution is 2.29. The van der Waals surface area contributed by atoms with E-state index in [1.807, 2.05) is 0 Å². The second-order valence-electron chi connectivity index (χ2n) is 3.56. The molecule has 0 amide bonds. The summed E-state index contributed by atoms with van der Waals surface area (Å²) in [5, 5.41) is -0.189. The number of anilines is 1. The largest absolute Gasteiger partial charge is 0.462 e. The predicted molar refractivity (Wildman–Crippen MR) is 68.8 cm³/mol. The van der Waals surface area contributed by atoms with Crippen LogP contribution in [0, 0.1) is 0 Å². The molecule has 0 bridgehead atoms. The summed E-state index contributed by atoms with van der Waals surface area (Å²) in [5.74, 6) is -0.698. The van der Waals surface area contributed by atoms with Gasteiger partial charge in [0.15, 0.2) is 0 Å². The monoisotopic (exact) mass is 308 g/mol. The molecule has 0 radical (unpaired) electrons. The molecule has 0 fully saturated rings. The molecule has 1 aromatic carbocycles. The molecule has 0 aliphatic carbocycles. The van der Waals surface area contributed by atoms with Crippen LogP contribution in [0.2, 0.25) is 0 Å². The zero-order valence-corrected chi connectivity index (χ0v) is 11.2. The fraction of sp³-hybridized carbons (Fsp3) is 0.250. The van der Waals surface area contributed by atoms with Gasteiger partial charge < -0.3 is 15.6 Å². The number of carbonyl (C=O) groups is 1. The minimum atomic E-state index is -4.38. The molecule has 8 heteroatoms. The van der Waals surface area contributed by atoms with E-state index in [2.05, 4.69) is 15.6 Å². The number of hydrogen-bond donors (Lipinski definition) is 2. The number of benzene rings is 1. The molecule has 0 spiro atoms. The van der Waals surface area contributed by atoms with Crippen molar-refractivity contribution < 1.29 is 22.7 Å². The van der Waals surface area contributed by atoms with Crippen LogP contribution in [0.4, 0.5) is 18.9 Å². The topological polar surface area (TPSA) is 50.4 Å².